The lowest BCUT2D eigenvalue weighted by Crippen LogP contribution is -2.64. The number of hydrogen-bond donors (Lipinski definition) is 5. The monoisotopic (exact) mass is 796 g/mol. The zero-order valence-corrected chi connectivity index (χ0v) is 35.4. The molecule has 0 aromatic heterocycles. The van der Waals surface area contributed by atoms with E-state index in [1.54, 1.807) is 12.1 Å². The van der Waals surface area contributed by atoms with Gasteiger partial charge in [0.1, 0.15) is 0 Å². The van der Waals surface area contributed by atoms with Gasteiger partial charge in [0.25, 0.3) is 10.1 Å². The van der Waals surface area contributed by atoms with Gasteiger partial charge >= 0.3 is 11.9 Å². The quantitative estimate of drug-likeness (QED) is 0.0957. The molecule has 4 aliphatic heterocycles. The lowest BCUT2D eigenvalue weighted by atomic mass is 9.73. The Morgan fingerprint density at radius 1 is 0.709 bits per heavy atom. The van der Waals surface area contributed by atoms with Crippen molar-refractivity contribution in [3.63, 3.8) is 0 Å². The zero-order valence-electron chi connectivity index (χ0n) is 34.6. The number of aryl methyl sites for hydroxylation is 1. The van der Waals surface area contributed by atoms with E-state index in [-0.39, 0.29) is 45.7 Å². The van der Waals surface area contributed by atoms with E-state index in [0.29, 0.717) is 64.6 Å². The van der Waals surface area contributed by atoms with E-state index in [1.165, 1.54) is 12.1 Å². The van der Waals surface area contributed by atoms with Crippen molar-refractivity contribution >= 4 is 22.1 Å². The fraction of sp³-hybridized carbons (Fsp3) is 0.805. The number of nitrogens with one attached hydrogen (secondary N) is 2. The van der Waals surface area contributed by atoms with Gasteiger partial charge in [0.2, 0.25) is 0 Å². The second-order valence-corrected chi connectivity index (χ2v) is 20.8. The van der Waals surface area contributed by atoms with Crippen molar-refractivity contribution in [2.75, 3.05) is 13.2 Å². The molecular weight excluding hydrogens is 729 g/mol. The van der Waals surface area contributed by atoms with Crippen LogP contribution in [0.5, 0.6) is 0 Å². The van der Waals surface area contributed by atoms with Gasteiger partial charge < -0.3 is 39.8 Å². The Kier molecular flexibility index (Phi) is 14.0. The van der Waals surface area contributed by atoms with Crippen LogP contribution in [-0.4, -0.2) is 94.3 Å². The van der Waals surface area contributed by atoms with E-state index < -0.39 is 39.0 Å². The maximum atomic E-state index is 13.3. The predicted octanol–water partition coefficient (Wildman–Crippen LogP) is 7.00. The number of aliphatic carboxylic acids is 2. The van der Waals surface area contributed by atoms with Gasteiger partial charge in [-0.15, -0.1) is 0 Å². The first-order chi connectivity index (χ1) is 25.2. The molecule has 4 heterocycles. The summed E-state index contributed by atoms with van der Waals surface area (Å²) in [4.78, 5) is 24.1. The van der Waals surface area contributed by atoms with Crippen LogP contribution in [0.15, 0.2) is 29.2 Å². The fourth-order valence-electron chi connectivity index (χ4n) is 10.1. The minimum atomic E-state index is -4.02. The number of hydrogen-bond acceptors (Lipinski definition) is 10. The maximum Gasteiger partial charge on any atom is 0.309 e. The summed E-state index contributed by atoms with van der Waals surface area (Å²) in [5.41, 5.74) is -0.822. The molecule has 0 amide bonds. The van der Waals surface area contributed by atoms with Gasteiger partial charge in [-0.1, -0.05) is 43.4 Å². The molecule has 4 saturated heterocycles. The first kappa shape index (κ1) is 45.5. The minimum absolute atomic E-state index is 0.0666. The van der Waals surface area contributed by atoms with Crippen LogP contribution in [-0.2, 0) is 38.7 Å². The zero-order chi connectivity index (χ0) is 41.1. The molecule has 2 spiro atoms. The predicted molar refractivity (Wildman–Crippen MR) is 208 cm³/mol. The Hall–Kier alpha value is -2.17. The van der Waals surface area contributed by atoms with E-state index in [2.05, 4.69) is 66.0 Å². The van der Waals surface area contributed by atoms with Crippen molar-refractivity contribution in [2.24, 2.45) is 5.41 Å². The summed E-state index contributed by atoms with van der Waals surface area (Å²) in [6.45, 7) is 19.8. The SMILES string of the molecule is CC1(C)CC2(CC(C)(C)N1)OCC(CC(CCCCCCCC(=O)O)(CC1COC3(CC(C)(C)NC(C)(C)C3)O1)C(=O)O)O2.Cc1ccc(S(=O)(=O)O)cc1. The van der Waals surface area contributed by atoms with Gasteiger partial charge in [-0.3, -0.25) is 14.1 Å². The average molecular weight is 797 g/mol. The Bertz CT molecular complexity index is 1500. The van der Waals surface area contributed by atoms with Crippen molar-refractivity contribution in [3.8, 4) is 0 Å². The molecule has 55 heavy (non-hydrogen) atoms. The van der Waals surface area contributed by atoms with Crippen LogP contribution in [0.2, 0.25) is 0 Å². The summed E-state index contributed by atoms with van der Waals surface area (Å²) >= 11 is 0. The van der Waals surface area contributed by atoms with Crippen molar-refractivity contribution in [3.05, 3.63) is 29.8 Å². The van der Waals surface area contributed by atoms with Gasteiger partial charge in [-0.25, -0.2) is 0 Å². The smallest absolute Gasteiger partial charge is 0.309 e. The number of carbonyl (C=O) groups is 2. The average Bonchev–Trinajstić information content (AvgIpc) is 3.54. The third kappa shape index (κ3) is 13.2. The molecule has 5 N–H and O–H groups in total. The number of piperidine rings is 2. The van der Waals surface area contributed by atoms with Crippen LogP contribution in [0.4, 0.5) is 0 Å². The Labute approximate surface area is 328 Å². The first-order valence-electron chi connectivity index (χ1n) is 19.9. The van der Waals surface area contributed by atoms with Crippen molar-refractivity contribution < 1.29 is 51.7 Å². The van der Waals surface area contributed by atoms with Gasteiger partial charge in [-0.2, -0.15) is 8.42 Å². The van der Waals surface area contributed by atoms with E-state index in [9.17, 15) is 23.1 Å². The van der Waals surface area contributed by atoms with Crippen LogP contribution >= 0.6 is 0 Å². The molecule has 4 aliphatic rings. The normalized spacial score (nSPS) is 26.9. The highest BCUT2D eigenvalue weighted by atomic mass is 32.2. The summed E-state index contributed by atoms with van der Waals surface area (Å²) in [5.74, 6) is -3.07. The summed E-state index contributed by atoms with van der Waals surface area (Å²) in [5, 5.41) is 27.2. The number of benzene rings is 1. The summed E-state index contributed by atoms with van der Waals surface area (Å²) in [7, 11) is -4.02. The largest absolute Gasteiger partial charge is 0.481 e. The van der Waals surface area contributed by atoms with Crippen LogP contribution < -0.4 is 10.6 Å². The van der Waals surface area contributed by atoms with Crippen molar-refractivity contribution in [2.45, 2.75) is 197 Å². The van der Waals surface area contributed by atoms with Crippen LogP contribution in [0.25, 0.3) is 0 Å². The van der Waals surface area contributed by atoms with E-state index in [1.807, 2.05) is 6.92 Å². The molecule has 314 valence electrons. The Morgan fingerprint density at radius 2 is 1.11 bits per heavy atom. The second-order valence-electron chi connectivity index (χ2n) is 19.4. The highest BCUT2D eigenvalue weighted by molar-refractivity contribution is 7.85. The molecule has 2 unspecified atom stereocenters. The molecule has 1 aromatic carbocycles. The number of carboxylic acids is 2. The van der Waals surface area contributed by atoms with Gasteiger partial charge in [-0.05, 0) is 100 Å². The maximum absolute atomic E-state index is 13.3. The van der Waals surface area contributed by atoms with Gasteiger partial charge in [0, 0.05) is 54.3 Å². The molecular formula is C41H68N2O11S. The topological polar surface area (TPSA) is 190 Å². The van der Waals surface area contributed by atoms with Crippen LogP contribution in [0.3, 0.4) is 0 Å². The molecule has 0 bridgehead atoms. The van der Waals surface area contributed by atoms with Crippen molar-refractivity contribution in [1.29, 1.82) is 0 Å². The highest BCUT2D eigenvalue weighted by Crippen LogP contribution is 2.49. The van der Waals surface area contributed by atoms with Gasteiger partial charge in [0.05, 0.1) is 35.7 Å². The highest BCUT2D eigenvalue weighted by Gasteiger charge is 2.57. The minimum Gasteiger partial charge on any atom is -0.481 e. The van der Waals surface area contributed by atoms with E-state index in [4.69, 9.17) is 28.6 Å². The third-order valence-electron chi connectivity index (χ3n) is 11.1. The Balaban J connectivity index is 0.000000525. The number of carboxylic acid groups (broad SMARTS) is 2. The molecule has 14 heteroatoms. The summed E-state index contributed by atoms with van der Waals surface area (Å²) in [6, 6.07) is 5.99. The molecule has 2 atom stereocenters. The number of unbranched alkanes of at least 4 members (excludes halogenated alkanes) is 4. The molecule has 13 nitrogen and oxygen atoms in total. The molecule has 5 rings (SSSR count). The number of ether oxygens (including phenoxy) is 4. The van der Waals surface area contributed by atoms with Crippen LogP contribution in [0, 0.1) is 12.3 Å². The molecule has 4 fully saturated rings. The number of rotatable bonds is 14. The second kappa shape index (κ2) is 17.0. The lowest BCUT2D eigenvalue weighted by molar-refractivity contribution is -0.220. The Morgan fingerprint density at radius 3 is 1.49 bits per heavy atom. The molecule has 0 saturated carbocycles. The summed E-state index contributed by atoms with van der Waals surface area (Å²) in [6.07, 6.45) is 7.43. The van der Waals surface area contributed by atoms with Gasteiger partial charge in [0.15, 0.2) is 11.6 Å². The first-order valence-corrected chi connectivity index (χ1v) is 21.3. The molecule has 1 aromatic rings. The standard InChI is InChI=1S/C34H60N2O8.C7H8O3S/c1-28(2)20-33(21-29(3,4)35-28)41-18-24(43-33)16-32(27(39)40,15-13-11-9-10-12-14-26(37)38)17-25-19-42-34(44-25)22-30(5,6)36-31(7,8)23-34;1-6-2-4-7(5-3-6)11(8,9)10/h24-25,35-36H,9-23H2,1-8H3,(H,37,38)(H,39,40);2-5H,1H3,(H,8,9,10). The van der Waals surface area contributed by atoms with E-state index >= 15 is 0 Å². The third-order valence-corrected chi connectivity index (χ3v) is 11.9. The van der Waals surface area contributed by atoms with E-state index in [0.717, 1.165) is 31.2 Å². The molecule has 0 radical (unpaired) electrons. The van der Waals surface area contributed by atoms with Crippen molar-refractivity contribution in [1.82, 2.24) is 10.6 Å². The molecule has 0 aliphatic carbocycles. The van der Waals surface area contributed by atoms with Crippen LogP contribution in [0.1, 0.15) is 144 Å². The lowest BCUT2D eigenvalue weighted by Gasteiger charge is -2.50. The fourth-order valence-corrected chi connectivity index (χ4v) is 10.5. The summed E-state index contributed by atoms with van der Waals surface area (Å²) < 4.78 is 55.8.